The third-order valence-corrected chi connectivity index (χ3v) is 6.50. The molecule has 1 saturated heterocycles. The van der Waals surface area contributed by atoms with Crippen molar-refractivity contribution >= 4 is 22.4 Å². The molecular weight excluding hydrogens is 355 g/mol. The van der Waals surface area contributed by atoms with Gasteiger partial charge in [-0.1, -0.05) is 0 Å². The Bertz CT molecular complexity index is 659. The monoisotopic (exact) mass is 378 g/mol. The Morgan fingerprint density at radius 2 is 1.92 bits per heavy atom. The number of rotatable bonds is 6. The van der Waals surface area contributed by atoms with Crippen molar-refractivity contribution in [3.63, 3.8) is 0 Å². The summed E-state index contributed by atoms with van der Waals surface area (Å²) in [5.74, 6) is 0.209. The largest absolute Gasteiger partial charge is 0.494 e. The summed E-state index contributed by atoms with van der Waals surface area (Å²) in [7, 11) is -2.29. The van der Waals surface area contributed by atoms with Gasteiger partial charge in [-0.15, -0.1) is 12.4 Å². The lowest BCUT2D eigenvalue weighted by molar-refractivity contribution is 0.288. The predicted molar refractivity (Wildman–Crippen MR) is 92.7 cm³/mol. The van der Waals surface area contributed by atoms with Crippen LogP contribution in [0.5, 0.6) is 5.75 Å². The molecule has 8 heteroatoms. The highest BCUT2D eigenvalue weighted by Gasteiger charge is 2.30. The van der Waals surface area contributed by atoms with E-state index in [1.54, 1.807) is 0 Å². The average Bonchev–Trinajstić information content (AvgIpc) is 3.37. The molecule has 2 fully saturated rings. The molecule has 1 heterocycles. The molecule has 1 aliphatic carbocycles. The highest BCUT2D eigenvalue weighted by atomic mass is 35.5. The topological polar surface area (TPSA) is 58.6 Å². The van der Waals surface area contributed by atoms with E-state index in [2.05, 4.69) is 5.32 Å². The second kappa shape index (κ2) is 7.99. The van der Waals surface area contributed by atoms with E-state index >= 15 is 0 Å². The molecule has 2 aliphatic rings. The molecule has 0 amide bonds. The summed E-state index contributed by atoms with van der Waals surface area (Å²) in [4.78, 5) is -0.0137. The quantitative estimate of drug-likeness (QED) is 0.825. The van der Waals surface area contributed by atoms with Crippen molar-refractivity contribution in [1.82, 2.24) is 9.62 Å². The zero-order valence-corrected chi connectivity index (χ0v) is 15.3. The Labute approximate surface area is 149 Å². The predicted octanol–water partition coefficient (Wildman–Crippen LogP) is 2.41. The number of halogens is 2. The number of piperidine rings is 1. The van der Waals surface area contributed by atoms with Gasteiger partial charge in [0, 0.05) is 19.1 Å². The molecule has 0 aromatic heterocycles. The summed E-state index contributed by atoms with van der Waals surface area (Å²) >= 11 is 0. The van der Waals surface area contributed by atoms with Crippen LogP contribution in [0.4, 0.5) is 4.39 Å². The molecule has 3 rings (SSSR count). The van der Waals surface area contributed by atoms with Crippen molar-refractivity contribution < 1.29 is 17.5 Å². The van der Waals surface area contributed by atoms with Gasteiger partial charge in [0.2, 0.25) is 10.0 Å². The molecule has 1 aromatic rings. The van der Waals surface area contributed by atoms with Gasteiger partial charge in [0.05, 0.1) is 12.0 Å². The van der Waals surface area contributed by atoms with Gasteiger partial charge < -0.3 is 10.1 Å². The van der Waals surface area contributed by atoms with Crippen molar-refractivity contribution in [2.24, 2.45) is 5.92 Å². The van der Waals surface area contributed by atoms with Crippen molar-refractivity contribution in [1.29, 1.82) is 0 Å². The first-order valence-electron chi connectivity index (χ1n) is 8.08. The fourth-order valence-electron chi connectivity index (χ4n) is 2.91. The number of benzene rings is 1. The molecule has 0 atom stereocenters. The molecule has 0 bridgehead atoms. The van der Waals surface area contributed by atoms with Crippen LogP contribution < -0.4 is 10.1 Å². The maximum absolute atomic E-state index is 13.8. The Kier molecular flexibility index (Phi) is 6.47. The first-order valence-corrected chi connectivity index (χ1v) is 9.52. The minimum Gasteiger partial charge on any atom is -0.494 e. The van der Waals surface area contributed by atoms with E-state index in [4.69, 9.17) is 4.74 Å². The van der Waals surface area contributed by atoms with E-state index in [1.807, 2.05) is 0 Å². The lowest BCUT2D eigenvalue weighted by Crippen LogP contribution is -2.45. The van der Waals surface area contributed by atoms with Gasteiger partial charge in [-0.25, -0.2) is 12.8 Å². The highest BCUT2D eigenvalue weighted by molar-refractivity contribution is 7.89. The molecule has 0 unspecified atom stereocenters. The van der Waals surface area contributed by atoms with Crippen molar-refractivity contribution in [2.75, 3.05) is 26.7 Å². The molecule has 0 spiro atoms. The molecule has 24 heavy (non-hydrogen) atoms. The summed E-state index contributed by atoms with van der Waals surface area (Å²) in [5.41, 5.74) is 0. The maximum atomic E-state index is 13.8. The van der Waals surface area contributed by atoms with Crippen LogP contribution in [0.25, 0.3) is 0 Å². The van der Waals surface area contributed by atoms with Gasteiger partial charge in [-0.2, -0.15) is 4.31 Å². The zero-order chi connectivity index (χ0) is 16.4. The van der Waals surface area contributed by atoms with Crippen LogP contribution in [0.3, 0.4) is 0 Å². The van der Waals surface area contributed by atoms with Crippen LogP contribution in [0.1, 0.15) is 25.7 Å². The molecule has 136 valence electrons. The Balaban J connectivity index is 0.00000208. The summed E-state index contributed by atoms with van der Waals surface area (Å²) in [5, 5.41) is 3.52. The summed E-state index contributed by atoms with van der Waals surface area (Å²) in [6, 6.07) is 4.17. The minimum atomic E-state index is -3.64. The lowest BCUT2D eigenvalue weighted by Gasteiger charge is -2.31. The molecular formula is C16H24ClFN2O3S. The van der Waals surface area contributed by atoms with Crippen LogP contribution in [-0.2, 0) is 10.0 Å². The molecule has 1 aromatic carbocycles. The van der Waals surface area contributed by atoms with E-state index in [0.717, 1.165) is 31.4 Å². The zero-order valence-electron chi connectivity index (χ0n) is 13.7. The number of nitrogens with zero attached hydrogens (tertiary/aromatic N) is 1. The average molecular weight is 379 g/mol. The second-order valence-corrected chi connectivity index (χ2v) is 8.26. The summed E-state index contributed by atoms with van der Waals surface area (Å²) in [6.45, 7) is 1.98. The Hall–Kier alpha value is -0.890. The first-order chi connectivity index (χ1) is 11.0. The van der Waals surface area contributed by atoms with Gasteiger partial charge in [0.25, 0.3) is 0 Å². The smallest absolute Gasteiger partial charge is 0.243 e. The van der Waals surface area contributed by atoms with Gasteiger partial charge >= 0.3 is 0 Å². The number of hydrogen-bond donors (Lipinski definition) is 1. The molecule has 5 nitrogen and oxygen atoms in total. The molecule has 1 N–H and O–H groups in total. The van der Waals surface area contributed by atoms with Gasteiger partial charge in [-0.05, 0) is 56.3 Å². The maximum Gasteiger partial charge on any atom is 0.243 e. The minimum absolute atomic E-state index is 0. The third-order valence-electron chi connectivity index (χ3n) is 4.61. The van der Waals surface area contributed by atoms with E-state index in [-0.39, 0.29) is 23.1 Å². The van der Waals surface area contributed by atoms with Crippen LogP contribution in [0.15, 0.2) is 23.1 Å². The highest BCUT2D eigenvalue weighted by Crippen LogP contribution is 2.29. The lowest BCUT2D eigenvalue weighted by atomic mass is 10.1. The normalized spacial score (nSPS) is 19.8. The Morgan fingerprint density at radius 1 is 1.25 bits per heavy atom. The van der Waals surface area contributed by atoms with Crippen LogP contribution in [0.2, 0.25) is 0 Å². The van der Waals surface area contributed by atoms with Gasteiger partial charge in [-0.3, -0.25) is 0 Å². The SMILES string of the molecule is COc1ccc(S(=O)(=O)N2CCC(NCC3CC3)CC2)cc1F.Cl. The number of hydrogen-bond acceptors (Lipinski definition) is 4. The van der Waals surface area contributed by atoms with Crippen LogP contribution >= 0.6 is 12.4 Å². The number of sulfonamides is 1. The van der Waals surface area contributed by atoms with Crippen LogP contribution in [-0.4, -0.2) is 45.5 Å². The second-order valence-electron chi connectivity index (χ2n) is 6.33. The summed E-state index contributed by atoms with van der Waals surface area (Å²) < 4.78 is 45.3. The van der Waals surface area contributed by atoms with E-state index < -0.39 is 15.8 Å². The van der Waals surface area contributed by atoms with E-state index in [0.29, 0.717) is 19.1 Å². The van der Waals surface area contributed by atoms with Crippen molar-refractivity contribution in [3.05, 3.63) is 24.0 Å². The Morgan fingerprint density at radius 3 is 2.46 bits per heavy atom. The van der Waals surface area contributed by atoms with Crippen molar-refractivity contribution in [2.45, 2.75) is 36.6 Å². The van der Waals surface area contributed by atoms with Crippen molar-refractivity contribution in [3.8, 4) is 5.75 Å². The fourth-order valence-corrected chi connectivity index (χ4v) is 4.39. The summed E-state index contributed by atoms with van der Waals surface area (Å²) in [6.07, 6.45) is 4.21. The third kappa shape index (κ3) is 4.39. The van der Waals surface area contributed by atoms with Gasteiger partial charge in [0.1, 0.15) is 0 Å². The fraction of sp³-hybridized carbons (Fsp3) is 0.625. The number of ether oxygens (including phenoxy) is 1. The molecule has 0 radical (unpaired) electrons. The van der Waals surface area contributed by atoms with Crippen LogP contribution in [0, 0.1) is 11.7 Å². The first kappa shape index (κ1) is 19.4. The standard InChI is InChI=1S/C16H23FN2O3S.ClH/c1-22-16-5-4-14(10-15(16)17)23(20,21)19-8-6-13(7-9-19)18-11-12-2-3-12;/h4-5,10,12-13,18H,2-3,6-9,11H2,1H3;1H. The molecule has 1 aliphatic heterocycles. The van der Waals surface area contributed by atoms with E-state index in [1.165, 1.54) is 36.4 Å². The van der Waals surface area contributed by atoms with Gasteiger partial charge in [0.15, 0.2) is 11.6 Å². The van der Waals surface area contributed by atoms with E-state index in [9.17, 15) is 12.8 Å². The molecule has 1 saturated carbocycles. The number of nitrogens with one attached hydrogen (secondary N) is 1. The number of methoxy groups -OCH3 is 1.